The molecule has 13 heavy (non-hydrogen) atoms. The molecule has 1 aromatic heterocycles. The molecule has 1 N–H and O–H groups in total. The highest BCUT2D eigenvalue weighted by atomic mass is 35.5. The topological polar surface area (TPSA) is 33.1 Å². The molecule has 5 heteroatoms. The van der Waals surface area contributed by atoms with Crippen LogP contribution in [0.5, 0.6) is 5.75 Å². The van der Waals surface area contributed by atoms with Crippen molar-refractivity contribution in [3.05, 3.63) is 23.0 Å². The number of nitrogens with zero attached hydrogens (tertiary/aromatic N) is 1. The normalized spacial score (nSPS) is 14.5. The van der Waals surface area contributed by atoms with E-state index >= 15 is 0 Å². The van der Waals surface area contributed by atoms with Crippen LogP contribution in [0.3, 0.4) is 0 Å². The van der Waals surface area contributed by atoms with Gasteiger partial charge in [-0.05, 0) is 12.5 Å². The molecule has 0 amide bonds. The van der Waals surface area contributed by atoms with Crippen molar-refractivity contribution >= 4 is 34.0 Å². The van der Waals surface area contributed by atoms with E-state index in [9.17, 15) is 5.11 Å². The summed E-state index contributed by atoms with van der Waals surface area (Å²) in [5, 5.41) is 9.66. The summed E-state index contributed by atoms with van der Waals surface area (Å²) in [6.07, 6.45) is 1.87. The third kappa shape index (κ3) is 2.06. The van der Waals surface area contributed by atoms with E-state index in [4.69, 9.17) is 0 Å². The smallest absolute Gasteiger partial charge is 0.141 e. The van der Waals surface area contributed by atoms with E-state index in [1.807, 2.05) is 23.9 Å². The summed E-state index contributed by atoms with van der Waals surface area (Å²) in [5.41, 5.74) is 2.99. The van der Waals surface area contributed by atoms with Gasteiger partial charge in [-0.3, -0.25) is 4.98 Å². The summed E-state index contributed by atoms with van der Waals surface area (Å²) in [4.78, 5) is 4.12. The molecule has 0 saturated carbocycles. The first-order chi connectivity index (χ1) is 5.79. The van der Waals surface area contributed by atoms with Gasteiger partial charge < -0.3 is 5.11 Å². The van der Waals surface area contributed by atoms with Gasteiger partial charge in [0.2, 0.25) is 0 Å². The van der Waals surface area contributed by atoms with Crippen LogP contribution in [0.2, 0.25) is 0 Å². The first-order valence-electron chi connectivity index (χ1n) is 3.70. The van der Waals surface area contributed by atoms with E-state index in [0.717, 1.165) is 22.8 Å². The molecule has 0 aliphatic carbocycles. The average molecular weight is 236 g/mol. The van der Waals surface area contributed by atoms with E-state index in [-0.39, 0.29) is 12.4 Å². The van der Waals surface area contributed by atoms with Gasteiger partial charge in [0.15, 0.2) is 0 Å². The number of fused-ring (bicyclic) bond motifs is 1. The summed E-state index contributed by atoms with van der Waals surface area (Å²) < 4.78 is 0. The van der Waals surface area contributed by atoms with Crippen LogP contribution in [0.1, 0.15) is 16.8 Å². The van der Waals surface area contributed by atoms with Gasteiger partial charge in [-0.15, -0.1) is 12.4 Å². The molecule has 0 bridgehead atoms. The van der Waals surface area contributed by atoms with Crippen molar-refractivity contribution in [2.45, 2.75) is 18.4 Å². The van der Waals surface area contributed by atoms with Gasteiger partial charge in [-0.2, -0.15) is 0 Å². The second-order valence-electron chi connectivity index (χ2n) is 2.72. The molecule has 0 saturated heterocycles. The molecule has 1 aliphatic rings. The predicted octanol–water partition coefficient (Wildman–Crippen LogP) is 2.91. The van der Waals surface area contributed by atoms with E-state index in [1.54, 1.807) is 10.8 Å². The van der Waals surface area contributed by atoms with Crippen LogP contribution in [0.15, 0.2) is 6.20 Å². The largest absolute Gasteiger partial charge is 0.506 e. The van der Waals surface area contributed by atoms with Gasteiger partial charge in [-0.25, -0.2) is 0 Å². The lowest BCUT2D eigenvalue weighted by Crippen LogP contribution is -1.98. The van der Waals surface area contributed by atoms with Gasteiger partial charge >= 0.3 is 0 Å². The number of rotatable bonds is 0. The zero-order valence-electron chi connectivity index (χ0n) is 7.11. The second kappa shape index (κ2) is 4.44. The molecule has 72 valence electrons. The van der Waals surface area contributed by atoms with Crippen molar-refractivity contribution in [3.63, 3.8) is 0 Å². The first-order valence-corrected chi connectivity index (χ1v) is 6.18. The van der Waals surface area contributed by atoms with Crippen LogP contribution in [-0.4, -0.2) is 10.1 Å². The summed E-state index contributed by atoms with van der Waals surface area (Å²) in [7, 11) is 3.61. The van der Waals surface area contributed by atoms with Crippen LogP contribution in [0, 0.1) is 6.92 Å². The summed E-state index contributed by atoms with van der Waals surface area (Å²) in [6.45, 7) is 1.84. The van der Waals surface area contributed by atoms with Crippen LogP contribution in [-0.2, 0) is 11.5 Å². The first kappa shape index (κ1) is 11.0. The number of hydrogen-bond acceptors (Lipinski definition) is 4. The minimum atomic E-state index is 0. The Balaban J connectivity index is 0.000000845. The van der Waals surface area contributed by atoms with Gasteiger partial charge in [0, 0.05) is 23.3 Å². The van der Waals surface area contributed by atoms with Crippen LogP contribution >= 0.6 is 34.0 Å². The quantitative estimate of drug-likeness (QED) is 0.701. The van der Waals surface area contributed by atoms with Crippen LogP contribution in [0.25, 0.3) is 0 Å². The maximum absolute atomic E-state index is 9.66. The Labute approximate surface area is 91.3 Å². The maximum atomic E-state index is 9.66. The Morgan fingerprint density at radius 3 is 2.85 bits per heavy atom. The Bertz CT molecular complexity index is 319. The number of pyridine rings is 1. The van der Waals surface area contributed by atoms with Crippen LogP contribution in [0.4, 0.5) is 0 Å². The monoisotopic (exact) mass is 235 g/mol. The number of aryl methyl sites for hydroxylation is 1. The molecule has 0 aromatic carbocycles. The van der Waals surface area contributed by atoms with Crippen LogP contribution < -0.4 is 0 Å². The van der Waals surface area contributed by atoms with E-state index in [1.165, 1.54) is 5.56 Å². The number of hydrogen-bond donors (Lipinski definition) is 1. The minimum Gasteiger partial charge on any atom is -0.506 e. The standard InChI is InChI=1S/C8H9NOS2.ClH/c1-5-8(10)7-4-12-11-3-6(7)2-9-5;/h2,10H,3-4H2,1H3;1H. The molecule has 1 aromatic rings. The number of aromatic hydroxyl groups is 1. The van der Waals surface area contributed by atoms with E-state index in [2.05, 4.69) is 4.98 Å². The summed E-state index contributed by atoms with van der Waals surface area (Å²) in [6, 6.07) is 0. The fourth-order valence-electron chi connectivity index (χ4n) is 1.18. The van der Waals surface area contributed by atoms with Gasteiger partial charge in [-0.1, -0.05) is 21.6 Å². The highest BCUT2D eigenvalue weighted by Crippen LogP contribution is 2.40. The summed E-state index contributed by atoms with van der Waals surface area (Å²) in [5.74, 6) is 2.25. The lowest BCUT2D eigenvalue weighted by molar-refractivity contribution is 0.462. The lowest BCUT2D eigenvalue weighted by Gasteiger charge is -2.15. The molecule has 1 aliphatic heterocycles. The SMILES string of the molecule is Cc1ncc2c(c1O)CSSC2.Cl. The Hall–Kier alpha value is -0.0600. The molecule has 2 heterocycles. The maximum Gasteiger partial charge on any atom is 0.141 e. The highest BCUT2D eigenvalue weighted by molar-refractivity contribution is 8.76. The molecule has 0 radical (unpaired) electrons. The Kier molecular flexibility index (Phi) is 3.76. The van der Waals surface area contributed by atoms with Crippen molar-refractivity contribution in [2.24, 2.45) is 0 Å². The number of aromatic nitrogens is 1. The fraction of sp³-hybridized carbons (Fsp3) is 0.375. The highest BCUT2D eigenvalue weighted by Gasteiger charge is 2.15. The van der Waals surface area contributed by atoms with Crippen molar-refractivity contribution in [1.82, 2.24) is 4.98 Å². The van der Waals surface area contributed by atoms with Crippen molar-refractivity contribution in [2.75, 3.05) is 0 Å². The van der Waals surface area contributed by atoms with Crippen molar-refractivity contribution < 1.29 is 5.11 Å². The second-order valence-corrected chi connectivity index (χ2v) is 5.18. The van der Waals surface area contributed by atoms with Gasteiger partial charge in [0.25, 0.3) is 0 Å². The third-order valence-electron chi connectivity index (χ3n) is 1.93. The van der Waals surface area contributed by atoms with Crippen molar-refractivity contribution in [3.8, 4) is 5.75 Å². The zero-order chi connectivity index (χ0) is 8.55. The lowest BCUT2D eigenvalue weighted by atomic mass is 10.1. The minimum absolute atomic E-state index is 0. The molecule has 2 nitrogen and oxygen atoms in total. The van der Waals surface area contributed by atoms with E-state index < -0.39 is 0 Å². The Morgan fingerprint density at radius 2 is 2.08 bits per heavy atom. The van der Waals surface area contributed by atoms with Gasteiger partial charge in [0.05, 0.1) is 5.69 Å². The predicted molar refractivity (Wildman–Crippen MR) is 60.5 cm³/mol. The molecular formula is C8H10ClNOS2. The molecule has 0 unspecified atom stereocenters. The third-order valence-corrected chi connectivity index (χ3v) is 4.14. The van der Waals surface area contributed by atoms with E-state index in [0.29, 0.717) is 5.75 Å². The molecule has 0 spiro atoms. The molecular weight excluding hydrogens is 226 g/mol. The fourth-order valence-corrected chi connectivity index (χ4v) is 3.39. The van der Waals surface area contributed by atoms with Gasteiger partial charge in [0.1, 0.15) is 5.75 Å². The average Bonchev–Trinajstić information content (AvgIpc) is 2.12. The summed E-state index contributed by atoms with van der Waals surface area (Å²) >= 11 is 0. The number of halogens is 1. The molecule has 0 atom stereocenters. The zero-order valence-corrected chi connectivity index (χ0v) is 9.56. The molecule has 2 rings (SSSR count). The Morgan fingerprint density at radius 1 is 1.38 bits per heavy atom. The van der Waals surface area contributed by atoms with Crippen molar-refractivity contribution in [1.29, 1.82) is 0 Å². The molecule has 0 fully saturated rings.